The van der Waals surface area contributed by atoms with Gasteiger partial charge in [-0.15, -0.1) is 12.4 Å². The molecule has 1 aromatic carbocycles. The highest BCUT2D eigenvalue weighted by molar-refractivity contribution is 5.85. The molecule has 1 fully saturated rings. The zero-order chi connectivity index (χ0) is 13.8. The smallest absolute Gasteiger partial charge is 0.223 e. The second kappa shape index (κ2) is 7.78. The van der Waals surface area contributed by atoms with Crippen molar-refractivity contribution in [2.75, 3.05) is 39.3 Å². The van der Waals surface area contributed by atoms with Crippen LogP contribution in [0.15, 0.2) is 24.3 Å². The molecule has 2 aliphatic heterocycles. The fraction of sp³-hybridized carbons (Fsp3) is 0.562. The van der Waals surface area contributed by atoms with E-state index >= 15 is 0 Å². The average molecular weight is 310 g/mol. The number of rotatable bonds is 3. The number of piperazine rings is 1. The summed E-state index contributed by atoms with van der Waals surface area (Å²) in [6.45, 7) is 6.54. The van der Waals surface area contributed by atoms with Gasteiger partial charge in [-0.25, -0.2) is 0 Å². The first-order chi connectivity index (χ1) is 9.83. The van der Waals surface area contributed by atoms with Gasteiger partial charge >= 0.3 is 0 Å². The van der Waals surface area contributed by atoms with Crippen LogP contribution in [0.4, 0.5) is 0 Å². The molecule has 0 aliphatic carbocycles. The fourth-order valence-corrected chi connectivity index (χ4v) is 3.07. The third-order valence-electron chi connectivity index (χ3n) is 4.32. The van der Waals surface area contributed by atoms with Crippen molar-refractivity contribution in [3.8, 4) is 0 Å². The van der Waals surface area contributed by atoms with Crippen molar-refractivity contribution in [1.29, 1.82) is 0 Å². The first kappa shape index (κ1) is 16.3. The third-order valence-corrected chi connectivity index (χ3v) is 4.32. The highest BCUT2D eigenvalue weighted by atomic mass is 35.5. The molecular weight excluding hydrogens is 286 g/mol. The fourth-order valence-electron chi connectivity index (χ4n) is 3.07. The van der Waals surface area contributed by atoms with E-state index in [0.717, 1.165) is 52.2 Å². The van der Waals surface area contributed by atoms with Crippen LogP contribution in [0, 0.1) is 0 Å². The molecular formula is C16H24ClN3O. The molecule has 0 atom stereocenters. The summed E-state index contributed by atoms with van der Waals surface area (Å²) in [5.74, 6) is 0.311. The van der Waals surface area contributed by atoms with Gasteiger partial charge in [0.2, 0.25) is 5.91 Å². The lowest BCUT2D eigenvalue weighted by Gasteiger charge is -2.31. The van der Waals surface area contributed by atoms with E-state index in [1.54, 1.807) is 0 Å². The highest BCUT2D eigenvalue weighted by Crippen LogP contribution is 2.18. The maximum absolute atomic E-state index is 12.2. The van der Waals surface area contributed by atoms with E-state index in [1.165, 1.54) is 11.1 Å². The normalized spacial score (nSPS) is 18.8. The van der Waals surface area contributed by atoms with Crippen LogP contribution in [0.1, 0.15) is 17.5 Å². The maximum Gasteiger partial charge on any atom is 0.223 e. The lowest BCUT2D eigenvalue weighted by molar-refractivity contribution is -0.132. The molecule has 0 bridgehead atoms. The number of hydrogen-bond donors (Lipinski definition) is 1. The van der Waals surface area contributed by atoms with Gasteiger partial charge in [-0.1, -0.05) is 24.3 Å². The van der Waals surface area contributed by atoms with Crippen LogP contribution in [-0.2, 0) is 17.8 Å². The Morgan fingerprint density at radius 1 is 1.10 bits per heavy atom. The summed E-state index contributed by atoms with van der Waals surface area (Å²) in [5.41, 5.74) is 2.89. The van der Waals surface area contributed by atoms with E-state index in [4.69, 9.17) is 0 Å². The quantitative estimate of drug-likeness (QED) is 0.914. The summed E-state index contributed by atoms with van der Waals surface area (Å²) in [6.07, 6.45) is 1.76. The van der Waals surface area contributed by atoms with Crippen molar-refractivity contribution in [3.05, 3.63) is 35.4 Å². The summed E-state index contributed by atoms with van der Waals surface area (Å²) < 4.78 is 0. The molecule has 0 aromatic heterocycles. The van der Waals surface area contributed by atoms with Gasteiger partial charge in [0.25, 0.3) is 0 Å². The topological polar surface area (TPSA) is 35.6 Å². The predicted molar refractivity (Wildman–Crippen MR) is 86.7 cm³/mol. The number of carbonyl (C=O) groups is 1. The van der Waals surface area contributed by atoms with Crippen LogP contribution in [0.5, 0.6) is 0 Å². The molecule has 116 valence electrons. The molecule has 0 spiro atoms. The standard InChI is InChI=1S/C16H23N3O.ClH/c20-16(19-11-7-17-8-12-19)6-10-18-9-5-14-3-1-2-4-15(14)13-18;/h1-4,17H,5-13H2;1H. The number of nitrogens with one attached hydrogen (secondary N) is 1. The molecule has 5 heteroatoms. The molecule has 2 aliphatic rings. The van der Waals surface area contributed by atoms with Gasteiger partial charge in [-0.2, -0.15) is 0 Å². The van der Waals surface area contributed by atoms with E-state index < -0.39 is 0 Å². The first-order valence-electron chi connectivity index (χ1n) is 7.60. The number of fused-ring (bicyclic) bond motifs is 1. The molecule has 0 radical (unpaired) electrons. The number of benzene rings is 1. The van der Waals surface area contributed by atoms with Crippen LogP contribution >= 0.6 is 12.4 Å². The Morgan fingerprint density at radius 2 is 1.81 bits per heavy atom. The van der Waals surface area contributed by atoms with Gasteiger partial charge in [0, 0.05) is 52.2 Å². The number of amides is 1. The van der Waals surface area contributed by atoms with Crippen LogP contribution in [0.25, 0.3) is 0 Å². The maximum atomic E-state index is 12.2. The van der Waals surface area contributed by atoms with Gasteiger partial charge in [-0.05, 0) is 17.5 Å². The summed E-state index contributed by atoms with van der Waals surface area (Å²) in [5, 5.41) is 3.28. The number of halogens is 1. The van der Waals surface area contributed by atoms with Crippen LogP contribution in [-0.4, -0.2) is 55.0 Å². The van der Waals surface area contributed by atoms with Crippen molar-refractivity contribution >= 4 is 18.3 Å². The van der Waals surface area contributed by atoms with Gasteiger partial charge in [0.1, 0.15) is 0 Å². The molecule has 0 saturated carbocycles. The van der Waals surface area contributed by atoms with E-state index in [1.807, 2.05) is 4.90 Å². The molecule has 1 saturated heterocycles. The Hall–Kier alpha value is -1.10. The zero-order valence-corrected chi connectivity index (χ0v) is 13.2. The van der Waals surface area contributed by atoms with Crippen molar-refractivity contribution < 1.29 is 4.79 Å². The molecule has 1 N–H and O–H groups in total. The van der Waals surface area contributed by atoms with Gasteiger partial charge < -0.3 is 10.2 Å². The molecule has 4 nitrogen and oxygen atoms in total. The van der Waals surface area contributed by atoms with Crippen molar-refractivity contribution in [1.82, 2.24) is 15.1 Å². The third kappa shape index (κ3) is 4.19. The van der Waals surface area contributed by atoms with Gasteiger partial charge in [-0.3, -0.25) is 9.69 Å². The van der Waals surface area contributed by atoms with E-state index in [2.05, 4.69) is 34.5 Å². The Kier molecular flexibility index (Phi) is 6.03. The molecule has 3 rings (SSSR count). The Morgan fingerprint density at radius 3 is 2.57 bits per heavy atom. The molecule has 1 amide bonds. The second-order valence-electron chi connectivity index (χ2n) is 5.68. The summed E-state index contributed by atoms with van der Waals surface area (Å²) in [7, 11) is 0. The molecule has 2 heterocycles. The monoisotopic (exact) mass is 309 g/mol. The van der Waals surface area contributed by atoms with Gasteiger partial charge in [0.15, 0.2) is 0 Å². The molecule has 0 unspecified atom stereocenters. The Bertz CT molecular complexity index is 474. The Labute approximate surface area is 132 Å². The number of nitrogens with zero attached hydrogens (tertiary/aromatic N) is 2. The summed E-state index contributed by atoms with van der Waals surface area (Å²) >= 11 is 0. The van der Waals surface area contributed by atoms with Crippen LogP contribution in [0.3, 0.4) is 0 Å². The van der Waals surface area contributed by atoms with Crippen molar-refractivity contribution in [2.45, 2.75) is 19.4 Å². The van der Waals surface area contributed by atoms with E-state index in [-0.39, 0.29) is 12.4 Å². The largest absolute Gasteiger partial charge is 0.340 e. The molecule has 21 heavy (non-hydrogen) atoms. The van der Waals surface area contributed by atoms with Crippen LogP contribution in [0.2, 0.25) is 0 Å². The number of carbonyl (C=O) groups excluding carboxylic acids is 1. The van der Waals surface area contributed by atoms with E-state index in [9.17, 15) is 4.79 Å². The average Bonchev–Trinajstić information content (AvgIpc) is 2.53. The zero-order valence-electron chi connectivity index (χ0n) is 12.4. The molecule has 1 aromatic rings. The summed E-state index contributed by atoms with van der Waals surface area (Å²) in [6, 6.07) is 8.65. The second-order valence-corrected chi connectivity index (χ2v) is 5.68. The van der Waals surface area contributed by atoms with Crippen molar-refractivity contribution in [2.24, 2.45) is 0 Å². The van der Waals surface area contributed by atoms with Gasteiger partial charge in [0.05, 0.1) is 0 Å². The highest BCUT2D eigenvalue weighted by Gasteiger charge is 2.19. The van der Waals surface area contributed by atoms with Crippen LogP contribution < -0.4 is 5.32 Å². The minimum absolute atomic E-state index is 0. The minimum atomic E-state index is 0. The minimum Gasteiger partial charge on any atom is -0.340 e. The van der Waals surface area contributed by atoms with Crippen molar-refractivity contribution in [3.63, 3.8) is 0 Å². The SMILES string of the molecule is Cl.O=C(CCN1CCc2ccccc2C1)N1CCNCC1. The lowest BCUT2D eigenvalue weighted by atomic mass is 10.00. The first-order valence-corrected chi connectivity index (χ1v) is 7.60. The van der Waals surface area contributed by atoms with E-state index in [0.29, 0.717) is 12.3 Å². The predicted octanol–water partition coefficient (Wildman–Crippen LogP) is 1.29. The Balaban J connectivity index is 0.00000161. The summed E-state index contributed by atoms with van der Waals surface area (Å²) in [4.78, 5) is 16.6. The number of hydrogen-bond acceptors (Lipinski definition) is 3. The lowest BCUT2D eigenvalue weighted by Crippen LogP contribution is -2.47.